The highest BCUT2D eigenvalue weighted by atomic mass is 32.2. The van der Waals surface area contributed by atoms with Crippen molar-refractivity contribution in [2.45, 2.75) is 30.4 Å². The second-order valence-corrected chi connectivity index (χ2v) is 6.90. The number of hydrogen-bond acceptors (Lipinski definition) is 5. The van der Waals surface area contributed by atoms with Crippen molar-refractivity contribution in [1.29, 1.82) is 0 Å². The molecule has 0 radical (unpaired) electrons. The number of carboxylic acids is 1. The van der Waals surface area contributed by atoms with Gasteiger partial charge < -0.3 is 15.2 Å². The van der Waals surface area contributed by atoms with Crippen LogP contribution in [-0.2, 0) is 24.3 Å². The Morgan fingerprint density at radius 1 is 1.35 bits per heavy atom. The molecule has 0 aromatic heterocycles. The highest BCUT2D eigenvalue weighted by Gasteiger charge is 2.42. The second-order valence-electron chi connectivity index (χ2n) is 5.02. The first kappa shape index (κ1) is 19.1. The van der Waals surface area contributed by atoms with Crippen LogP contribution < -0.4 is 10.0 Å². The van der Waals surface area contributed by atoms with Crippen LogP contribution in [0.1, 0.15) is 25.5 Å². The molecule has 0 bridgehead atoms. The average Bonchev–Trinajstić information content (AvgIpc) is 2.53. The van der Waals surface area contributed by atoms with E-state index in [0.29, 0.717) is 5.56 Å². The van der Waals surface area contributed by atoms with Crippen LogP contribution in [0.3, 0.4) is 0 Å². The average molecular weight is 344 g/mol. The first-order valence-electron chi connectivity index (χ1n) is 6.71. The molecule has 1 rings (SSSR count). The van der Waals surface area contributed by atoms with Gasteiger partial charge in [0.1, 0.15) is 0 Å². The molecule has 0 spiro atoms. The molecule has 0 fully saturated rings. The van der Waals surface area contributed by atoms with Crippen molar-refractivity contribution in [3.63, 3.8) is 0 Å². The summed E-state index contributed by atoms with van der Waals surface area (Å²) in [5.74, 6) is -2.25. The van der Waals surface area contributed by atoms with Crippen molar-refractivity contribution in [1.82, 2.24) is 10.0 Å². The molecule has 23 heavy (non-hydrogen) atoms. The summed E-state index contributed by atoms with van der Waals surface area (Å²) in [7, 11) is -1.19. The zero-order valence-electron chi connectivity index (χ0n) is 13.3. The van der Waals surface area contributed by atoms with Gasteiger partial charge in [-0.1, -0.05) is 12.1 Å². The van der Waals surface area contributed by atoms with E-state index in [9.17, 15) is 18.0 Å². The summed E-state index contributed by atoms with van der Waals surface area (Å²) in [6, 6.07) is 5.38. The van der Waals surface area contributed by atoms with Gasteiger partial charge in [-0.05, 0) is 38.6 Å². The summed E-state index contributed by atoms with van der Waals surface area (Å²) in [4.78, 5) is 23.3. The lowest BCUT2D eigenvalue weighted by molar-refractivity contribution is -0.168. The van der Waals surface area contributed by atoms with Gasteiger partial charge in [-0.25, -0.2) is 17.9 Å². The van der Waals surface area contributed by atoms with Gasteiger partial charge in [0.05, 0.1) is 10.9 Å². The standard InChI is InChI=1S/C14H20N2O6S/c1-9(16-12(17)14(2,22-4)13(18)19)10-6-5-7-11(8-10)23(20,21)15-3/h5-9,15H,1-4H3,(H,16,17)(H,18,19). The van der Waals surface area contributed by atoms with E-state index in [0.717, 1.165) is 14.0 Å². The number of carboxylic acid groups (broad SMARTS) is 1. The summed E-state index contributed by atoms with van der Waals surface area (Å²) >= 11 is 0. The Balaban J connectivity index is 3.04. The summed E-state index contributed by atoms with van der Waals surface area (Å²) in [6.45, 7) is 2.75. The van der Waals surface area contributed by atoms with Gasteiger partial charge in [0.2, 0.25) is 15.6 Å². The van der Waals surface area contributed by atoms with Crippen molar-refractivity contribution >= 4 is 21.9 Å². The van der Waals surface area contributed by atoms with Crippen LogP contribution >= 0.6 is 0 Å². The Hall–Kier alpha value is -1.97. The molecule has 1 amide bonds. The van der Waals surface area contributed by atoms with Crippen molar-refractivity contribution in [3.05, 3.63) is 29.8 Å². The number of aliphatic carboxylic acids is 1. The molecular weight excluding hydrogens is 324 g/mol. The van der Waals surface area contributed by atoms with Crippen LogP contribution in [0, 0.1) is 0 Å². The highest BCUT2D eigenvalue weighted by molar-refractivity contribution is 7.89. The van der Waals surface area contributed by atoms with E-state index in [1.807, 2.05) is 0 Å². The SMILES string of the molecule is CNS(=O)(=O)c1cccc(C(C)NC(=O)C(C)(OC)C(=O)O)c1. The first-order chi connectivity index (χ1) is 10.6. The van der Waals surface area contributed by atoms with E-state index in [2.05, 4.69) is 10.0 Å². The number of hydrogen-bond donors (Lipinski definition) is 3. The predicted octanol–water partition coefficient (Wildman–Crippen LogP) is 0.262. The van der Waals surface area contributed by atoms with E-state index < -0.39 is 33.5 Å². The number of amides is 1. The third kappa shape index (κ3) is 4.06. The number of nitrogens with one attached hydrogen (secondary N) is 2. The van der Waals surface area contributed by atoms with Gasteiger partial charge in [-0.3, -0.25) is 4.79 Å². The number of methoxy groups -OCH3 is 1. The molecule has 1 aromatic rings. The highest BCUT2D eigenvalue weighted by Crippen LogP contribution is 2.19. The lowest BCUT2D eigenvalue weighted by atomic mass is 10.0. The zero-order valence-corrected chi connectivity index (χ0v) is 14.1. The molecule has 9 heteroatoms. The second kappa shape index (κ2) is 7.07. The molecule has 2 unspecified atom stereocenters. The monoisotopic (exact) mass is 344 g/mol. The topological polar surface area (TPSA) is 122 Å². The van der Waals surface area contributed by atoms with E-state index in [1.165, 1.54) is 25.2 Å². The first-order valence-corrected chi connectivity index (χ1v) is 8.20. The fourth-order valence-electron chi connectivity index (χ4n) is 1.76. The number of carbonyl (C=O) groups excluding carboxylic acids is 1. The van der Waals surface area contributed by atoms with Crippen LogP contribution in [-0.4, -0.2) is 45.2 Å². The van der Waals surface area contributed by atoms with Crippen LogP contribution in [0.2, 0.25) is 0 Å². The van der Waals surface area contributed by atoms with Gasteiger partial charge in [-0.2, -0.15) is 0 Å². The molecule has 1 aromatic carbocycles. The van der Waals surface area contributed by atoms with Crippen molar-refractivity contribution in [2.75, 3.05) is 14.2 Å². The third-order valence-corrected chi connectivity index (χ3v) is 4.95. The maximum absolute atomic E-state index is 12.1. The summed E-state index contributed by atoms with van der Waals surface area (Å²) < 4.78 is 30.6. The molecule has 2 atom stereocenters. The Bertz CT molecular complexity index is 703. The Labute approximate surface area is 134 Å². The van der Waals surface area contributed by atoms with Gasteiger partial charge in [0.25, 0.3) is 5.91 Å². The Kier molecular flexibility index (Phi) is 5.86. The molecular formula is C14H20N2O6S. The minimum absolute atomic E-state index is 0.0475. The molecule has 3 N–H and O–H groups in total. The van der Waals surface area contributed by atoms with E-state index in [-0.39, 0.29) is 4.90 Å². The number of ether oxygens (including phenoxy) is 1. The van der Waals surface area contributed by atoms with Crippen LogP contribution in [0.15, 0.2) is 29.2 Å². The zero-order chi connectivity index (χ0) is 17.8. The lowest BCUT2D eigenvalue weighted by Gasteiger charge is -2.24. The van der Waals surface area contributed by atoms with Crippen LogP contribution in [0.5, 0.6) is 0 Å². The van der Waals surface area contributed by atoms with Crippen molar-refractivity contribution in [3.8, 4) is 0 Å². The van der Waals surface area contributed by atoms with E-state index >= 15 is 0 Å². The quantitative estimate of drug-likeness (QED) is 0.610. The van der Waals surface area contributed by atoms with E-state index in [4.69, 9.17) is 9.84 Å². The fourth-order valence-corrected chi connectivity index (χ4v) is 2.55. The molecule has 0 aliphatic carbocycles. The minimum atomic E-state index is -3.61. The normalized spacial score (nSPS) is 15.5. The van der Waals surface area contributed by atoms with Gasteiger partial charge in [-0.15, -0.1) is 0 Å². The van der Waals surface area contributed by atoms with Gasteiger partial charge in [0.15, 0.2) is 0 Å². The fraction of sp³-hybridized carbons (Fsp3) is 0.429. The molecule has 128 valence electrons. The molecule has 0 saturated carbocycles. The number of carbonyl (C=O) groups is 2. The Morgan fingerprint density at radius 3 is 2.43 bits per heavy atom. The maximum Gasteiger partial charge on any atom is 0.345 e. The smallest absolute Gasteiger partial charge is 0.345 e. The largest absolute Gasteiger partial charge is 0.479 e. The van der Waals surface area contributed by atoms with Crippen molar-refractivity contribution in [2.24, 2.45) is 0 Å². The number of sulfonamides is 1. The molecule has 0 saturated heterocycles. The lowest BCUT2D eigenvalue weighted by Crippen LogP contribution is -2.52. The molecule has 0 aliphatic heterocycles. The minimum Gasteiger partial charge on any atom is -0.479 e. The summed E-state index contributed by atoms with van der Waals surface area (Å²) in [6.07, 6.45) is 0. The third-order valence-electron chi connectivity index (χ3n) is 3.53. The molecule has 0 heterocycles. The summed E-state index contributed by atoms with van der Waals surface area (Å²) in [5.41, 5.74) is -1.51. The number of benzene rings is 1. The van der Waals surface area contributed by atoms with Crippen LogP contribution in [0.25, 0.3) is 0 Å². The maximum atomic E-state index is 12.1. The van der Waals surface area contributed by atoms with E-state index in [1.54, 1.807) is 13.0 Å². The number of rotatable bonds is 7. The Morgan fingerprint density at radius 2 is 1.96 bits per heavy atom. The van der Waals surface area contributed by atoms with Gasteiger partial charge in [0, 0.05) is 7.11 Å². The van der Waals surface area contributed by atoms with Crippen LogP contribution in [0.4, 0.5) is 0 Å². The van der Waals surface area contributed by atoms with Gasteiger partial charge >= 0.3 is 5.97 Å². The molecule has 0 aliphatic rings. The molecule has 8 nitrogen and oxygen atoms in total. The predicted molar refractivity (Wildman–Crippen MR) is 82.3 cm³/mol. The summed E-state index contributed by atoms with van der Waals surface area (Å²) in [5, 5.41) is 11.6. The van der Waals surface area contributed by atoms with Crippen molar-refractivity contribution < 1.29 is 27.9 Å².